The van der Waals surface area contributed by atoms with Gasteiger partial charge in [-0.25, -0.2) is 18.1 Å². The van der Waals surface area contributed by atoms with E-state index < -0.39 is 9.84 Å². The van der Waals surface area contributed by atoms with Crippen molar-refractivity contribution in [2.24, 2.45) is 5.73 Å². The van der Waals surface area contributed by atoms with E-state index in [-0.39, 0.29) is 4.90 Å². The van der Waals surface area contributed by atoms with Crippen LogP contribution in [0.1, 0.15) is 5.56 Å². The molecule has 0 saturated heterocycles. The SMILES string of the molecule is CS(=O)(=O)c1cnn(-c2ncccc2CN)c1. The van der Waals surface area contributed by atoms with Crippen LogP contribution in [-0.2, 0) is 16.4 Å². The third kappa shape index (κ3) is 2.34. The van der Waals surface area contributed by atoms with Crippen molar-refractivity contribution >= 4 is 9.84 Å². The van der Waals surface area contributed by atoms with E-state index in [2.05, 4.69) is 10.1 Å². The van der Waals surface area contributed by atoms with Gasteiger partial charge in [-0.1, -0.05) is 6.07 Å². The van der Waals surface area contributed by atoms with Gasteiger partial charge in [0.1, 0.15) is 4.90 Å². The number of hydrogen-bond acceptors (Lipinski definition) is 5. The molecule has 0 fully saturated rings. The molecule has 2 heterocycles. The first-order chi connectivity index (χ1) is 8.02. The van der Waals surface area contributed by atoms with E-state index >= 15 is 0 Å². The van der Waals surface area contributed by atoms with Gasteiger partial charge < -0.3 is 5.73 Å². The molecule has 90 valence electrons. The average Bonchev–Trinajstić information content (AvgIpc) is 2.77. The summed E-state index contributed by atoms with van der Waals surface area (Å²) in [5, 5.41) is 3.98. The number of pyridine rings is 1. The van der Waals surface area contributed by atoms with Crippen molar-refractivity contribution in [3.63, 3.8) is 0 Å². The Balaban J connectivity index is 2.51. The van der Waals surface area contributed by atoms with Crippen molar-refractivity contribution in [2.75, 3.05) is 6.26 Å². The summed E-state index contributed by atoms with van der Waals surface area (Å²) in [6.45, 7) is 0.317. The van der Waals surface area contributed by atoms with Gasteiger partial charge in [-0.2, -0.15) is 5.10 Å². The zero-order valence-electron chi connectivity index (χ0n) is 9.24. The second kappa shape index (κ2) is 4.27. The summed E-state index contributed by atoms with van der Waals surface area (Å²) in [4.78, 5) is 4.30. The molecule has 0 aliphatic carbocycles. The summed E-state index contributed by atoms with van der Waals surface area (Å²) in [5.41, 5.74) is 6.38. The van der Waals surface area contributed by atoms with Crippen LogP contribution in [0.5, 0.6) is 0 Å². The first-order valence-electron chi connectivity index (χ1n) is 4.91. The fourth-order valence-corrected chi connectivity index (χ4v) is 1.94. The predicted octanol–water partition coefficient (Wildman–Crippen LogP) is 0.130. The smallest absolute Gasteiger partial charge is 0.178 e. The number of hydrogen-bond donors (Lipinski definition) is 1. The third-order valence-electron chi connectivity index (χ3n) is 2.29. The van der Waals surface area contributed by atoms with Crippen molar-refractivity contribution < 1.29 is 8.42 Å². The van der Waals surface area contributed by atoms with E-state index in [9.17, 15) is 8.42 Å². The third-order valence-corrected chi connectivity index (χ3v) is 3.36. The topological polar surface area (TPSA) is 90.9 Å². The molecule has 0 atom stereocenters. The molecule has 0 amide bonds. The maximum atomic E-state index is 11.3. The molecule has 7 heteroatoms. The van der Waals surface area contributed by atoms with Crippen LogP contribution in [0.25, 0.3) is 5.82 Å². The molecule has 0 saturated carbocycles. The fraction of sp³-hybridized carbons (Fsp3) is 0.200. The number of sulfone groups is 1. The van der Waals surface area contributed by atoms with E-state index in [4.69, 9.17) is 5.73 Å². The van der Waals surface area contributed by atoms with Crippen LogP contribution < -0.4 is 5.73 Å². The van der Waals surface area contributed by atoms with Gasteiger partial charge in [0.2, 0.25) is 0 Å². The summed E-state index contributed by atoms with van der Waals surface area (Å²) in [7, 11) is -3.25. The molecule has 0 spiro atoms. The predicted molar refractivity (Wildman–Crippen MR) is 62.4 cm³/mol. The Morgan fingerprint density at radius 3 is 2.82 bits per heavy atom. The Morgan fingerprint density at radius 2 is 2.24 bits per heavy atom. The number of rotatable bonds is 3. The maximum Gasteiger partial charge on any atom is 0.178 e. The van der Waals surface area contributed by atoms with Crippen LogP contribution in [-0.4, -0.2) is 29.4 Å². The minimum atomic E-state index is -3.25. The summed E-state index contributed by atoms with van der Waals surface area (Å²) in [6, 6.07) is 3.59. The van der Waals surface area contributed by atoms with E-state index in [1.165, 1.54) is 17.1 Å². The molecule has 0 bridgehead atoms. The molecule has 17 heavy (non-hydrogen) atoms. The van der Waals surface area contributed by atoms with Crippen molar-refractivity contribution in [1.29, 1.82) is 0 Å². The van der Waals surface area contributed by atoms with Crippen LogP contribution in [0.3, 0.4) is 0 Å². The quantitative estimate of drug-likeness (QED) is 0.838. The molecule has 2 N–H and O–H groups in total. The molecule has 0 aromatic carbocycles. The van der Waals surface area contributed by atoms with Gasteiger partial charge >= 0.3 is 0 Å². The lowest BCUT2D eigenvalue weighted by Gasteiger charge is -2.05. The highest BCUT2D eigenvalue weighted by Crippen LogP contribution is 2.13. The molecule has 2 aromatic rings. The molecule has 2 aromatic heterocycles. The number of aromatic nitrogens is 3. The van der Waals surface area contributed by atoms with Gasteiger partial charge in [-0.05, 0) is 6.07 Å². The van der Waals surface area contributed by atoms with Crippen molar-refractivity contribution in [3.8, 4) is 5.82 Å². The second-order valence-corrected chi connectivity index (χ2v) is 5.60. The molecule has 0 aliphatic rings. The van der Waals surface area contributed by atoms with Crippen LogP contribution in [0.2, 0.25) is 0 Å². The largest absolute Gasteiger partial charge is 0.326 e. The van der Waals surface area contributed by atoms with Crippen molar-refractivity contribution in [1.82, 2.24) is 14.8 Å². The summed E-state index contributed by atoms with van der Waals surface area (Å²) < 4.78 is 24.1. The normalized spacial score (nSPS) is 11.6. The Labute approximate surface area is 99.0 Å². The number of nitrogens with zero attached hydrogens (tertiary/aromatic N) is 3. The molecule has 0 unspecified atom stereocenters. The van der Waals surface area contributed by atoms with Crippen LogP contribution in [0.4, 0.5) is 0 Å². The summed E-state index contributed by atoms with van der Waals surface area (Å²) in [5.74, 6) is 0.546. The lowest BCUT2D eigenvalue weighted by molar-refractivity contribution is 0.602. The average molecular weight is 252 g/mol. The van der Waals surface area contributed by atoms with E-state index in [1.54, 1.807) is 12.3 Å². The lowest BCUT2D eigenvalue weighted by atomic mass is 10.2. The Hall–Kier alpha value is -1.73. The first kappa shape index (κ1) is 11.7. The molecule has 0 aliphatic heterocycles. The van der Waals surface area contributed by atoms with Gasteiger partial charge in [0.25, 0.3) is 0 Å². The van der Waals surface area contributed by atoms with Gasteiger partial charge in [-0.3, -0.25) is 0 Å². The Bertz CT molecular complexity index is 633. The minimum absolute atomic E-state index is 0.158. The van der Waals surface area contributed by atoms with Crippen molar-refractivity contribution in [3.05, 3.63) is 36.3 Å². The highest BCUT2D eigenvalue weighted by molar-refractivity contribution is 7.90. The second-order valence-electron chi connectivity index (χ2n) is 3.58. The van der Waals surface area contributed by atoms with Gasteiger partial charge in [0.15, 0.2) is 15.7 Å². The number of nitrogens with two attached hydrogens (primary N) is 1. The summed E-state index contributed by atoms with van der Waals surface area (Å²) >= 11 is 0. The van der Waals surface area contributed by atoms with Gasteiger partial charge in [0, 0.05) is 24.6 Å². The zero-order valence-corrected chi connectivity index (χ0v) is 10.1. The molecular weight excluding hydrogens is 240 g/mol. The van der Waals surface area contributed by atoms with Crippen LogP contribution in [0.15, 0.2) is 35.6 Å². The first-order valence-corrected chi connectivity index (χ1v) is 6.80. The molecule has 0 radical (unpaired) electrons. The van der Waals surface area contributed by atoms with E-state index in [0.717, 1.165) is 11.8 Å². The van der Waals surface area contributed by atoms with Crippen LogP contribution >= 0.6 is 0 Å². The lowest BCUT2D eigenvalue weighted by Crippen LogP contribution is -2.06. The molecular formula is C10H12N4O2S. The van der Waals surface area contributed by atoms with Crippen LogP contribution in [0, 0.1) is 0 Å². The molecule has 6 nitrogen and oxygen atoms in total. The zero-order chi connectivity index (χ0) is 12.5. The molecule has 2 rings (SSSR count). The minimum Gasteiger partial charge on any atom is -0.326 e. The standard InChI is InChI=1S/C10H12N4O2S/c1-17(15,16)9-6-13-14(7-9)10-8(5-11)3-2-4-12-10/h2-4,6-7H,5,11H2,1H3. The fourth-order valence-electron chi connectivity index (χ4n) is 1.41. The summed E-state index contributed by atoms with van der Waals surface area (Å²) in [6.07, 6.45) is 5.47. The van der Waals surface area contributed by atoms with Gasteiger partial charge in [0.05, 0.1) is 12.4 Å². The maximum absolute atomic E-state index is 11.3. The Kier molecular flexibility index (Phi) is 2.95. The van der Waals surface area contributed by atoms with E-state index in [0.29, 0.717) is 12.4 Å². The van der Waals surface area contributed by atoms with Gasteiger partial charge in [-0.15, -0.1) is 0 Å². The van der Waals surface area contributed by atoms with E-state index in [1.807, 2.05) is 6.07 Å². The highest BCUT2D eigenvalue weighted by Gasteiger charge is 2.12. The Morgan fingerprint density at radius 1 is 1.47 bits per heavy atom. The van der Waals surface area contributed by atoms with Crippen molar-refractivity contribution in [2.45, 2.75) is 11.4 Å². The monoisotopic (exact) mass is 252 g/mol. The highest BCUT2D eigenvalue weighted by atomic mass is 32.2.